The summed E-state index contributed by atoms with van der Waals surface area (Å²) < 4.78 is 0.862. The van der Waals surface area contributed by atoms with Crippen LogP contribution < -0.4 is 16.2 Å². The van der Waals surface area contributed by atoms with E-state index in [9.17, 15) is 9.59 Å². The molecule has 0 bridgehead atoms. The minimum Gasteiger partial charge on any atom is -0.298 e. The summed E-state index contributed by atoms with van der Waals surface area (Å²) in [7, 11) is 0. The number of hydrogen-bond acceptors (Lipinski definition) is 3. The summed E-state index contributed by atoms with van der Waals surface area (Å²) in [5, 5.41) is 2.59. The smallest absolute Gasteiger partial charge is 0.257 e. The quantitative estimate of drug-likeness (QED) is 0.475. The van der Waals surface area contributed by atoms with Crippen LogP contribution in [0, 0.1) is 0 Å². The fraction of sp³-hybridized carbons (Fsp3) is 0.286. The molecule has 0 saturated heterocycles. The Hall–Kier alpha value is -2.25. The number of carbonyl (C=O) groups is 2. The van der Waals surface area contributed by atoms with Crippen LogP contribution in [0.25, 0.3) is 0 Å². The highest BCUT2D eigenvalue weighted by atomic mass is 79.9. The van der Waals surface area contributed by atoms with Crippen molar-refractivity contribution < 1.29 is 9.59 Å². The van der Waals surface area contributed by atoms with Crippen molar-refractivity contribution in [3.05, 3.63) is 69.7 Å². The molecule has 7 heteroatoms. The molecule has 0 fully saturated rings. The van der Waals surface area contributed by atoms with Gasteiger partial charge in [-0.3, -0.25) is 25.8 Å². The van der Waals surface area contributed by atoms with Crippen LogP contribution in [-0.2, 0) is 16.6 Å². The van der Waals surface area contributed by atoms with E-state index < -0.39 is 0 Å². The van der Waals surface area contributed by atoms with Crippen molar-refractivity contribution in [3.63, 3.8) is 0 Å². The van der Waals surface area contributed by atoms with Gasteiger partial charge in [-0.2, -0.15) is 0 Å². The second kappa shape index (κ2) is 9.80. The Balaban J connectivity index is 1.81. The molecule has 0 saturated carbocycles. The van der Waals surface area contributed by atoms with Gasteiger partial charge in [0.2, 0.25) is 5.91 Å². The first kappa shape index (κ1) is 22.0. The highest BCUT2D eigenvalue weighted by Crippen LogP contribution is 2.30. The Bertz CT molecular complexity index is 864. The summed E-state index contributed by atoms with van der Waals surface area (Å²) in [4.78, 5) is 24.3. The number of nitrogens with one attached hydrogen (secondary N) is 3. The van der Waals surface area contributed by atoms with Crippen molar-refractivity contribution in [2.45, 2.75) is 39.0 Å². The zero-order chi connectivity index (χ0) is 20.7. The summed E-state index contributed by atoms with van der Waals surface area (Å²) in [5.74, 6) is -0.560. The Labute approximate surface area is 179 Å². The first-order valence-electron chi connectivity index (χ1n) is 8.91. The molecule has 0 aliphatic heterocycles. The van der Waals surface area contributed by atoms with E-state index in [0.29, 0.717) is 18.4 Å². The van der Waals surface area contributed by atoms with Gasteiger partial charge in [0, 0.05) is 16.5 Å². The molecule has 0 aliphatic rings. The number of benzene rings is 2. The standard InChI is InChI=1S/C21H24BrN3O2S/c1-21(2,3)16-11-10-15(13-17(16)22)19(27)23-20(28)25-24-18(26)12-9-14-7-5-4-6-8-14/h4-8,10-11,13H,9,12H2,1-3H3,(H,24,26)(H2,23,25,27,28). The van der Waals surface area contributed by atoms with Gasteiger partial charge in [0.25, 0.3) is 5.91 Å². The third-order valence-electron chi connectivity index (χ3n) is 4.07. The average molecular weight is 462 g/mol. The largest absolute Gasteiger partial charge is 0.298 e. The zero-order valence-corrected chi connectivity index (χ0v) is 18.5. The topological polar surface area (TPSA) is 70.2 Å². The molecule has 0 atom stereocenters. The van der Waals surface area contributed by atoms with Crippen LogP contribution >= 0.6 is 28.1 Å². The maximum absolute atomic E-state index is 12.4. The molecule has 3 N–H and O–H groups in total. The van der Waals surface area contributed by atoms with Gasteiger partial charge in [0.15, 0.2) is 5.11 Å². The second-order valence-corrected chi connectivity index (χ2v) is 8.65. The molecular formula is C21H24BrN3O2S. The monoisotopic (exact) mass is 461 g/mol. The maximum atomic E-state index is 12.4. The molecule has 0 heterocycles. The van der Waals surface area contributed by atoms with Crippen molar-refractivity contribution in [3.8, 4) is 0 Å². The Morgan fingerprint density at radius 3 is 2.32 bits per heavy atom. The lowest BCUT2D eigenvalue weighted by atomic mass is 9.86. The summed E-state index contributed by atoms with van der Waals surface area (Å²) in [5.41, 5.74) is 7.68. The summed E-state index contributed by atoms with van der Waals surface area (Å²) in [6.45, 7) is 6.31. The van der Waals surface area contributed by atoms with Crippen molar-refractivity contribution >= 4 is 45.1 Å². The van der Waals surface area contributed by atoms with E-state index in [0.717, 1.165) is 15.6 Å². The molecule has 2 aromatic carbocycles. The molecule has 28 heavy (non-hydrogen) atoms. The Morgan fingerprint density at radius 1 is 1.04 bits per heavy atom. The number of aryl methyl sites for hydroxylation is 1. The molecule has 0 aliphatic carbocycles. The minimum atomic E-state index is -0.350. The van der Waals surface area contributed by atoms with Crippen molar-refractivity contribution in [2.24, 2.45) is 0 Å². The SMILES string of the molecule is CC(C)(C)c1ccc(C(=O)NC(=S)NNC(=O)CCc2ccccc2)cc1Br. The third kappa shape index (κ3) is 6.73. The van der Waals surface area contributed by atoms with E-state index in [1.807, 2.05) is 36.4 Å². The van der Waals surface area contributed by atoms with Crippen LogP contribution in [-0.4, -0.2) is 16.9 Å². The number of thiocarbonyl (C=S) groups is 1. The van der Waals surface area contributed by atoms with E-state index in [1.54, 1.807) is 12.1 Å². The van der Waals surface area contributed by atoms with E-state index in [2.05, 4.69) is 52.9 Å². The number of hydrazine groups is 1. The number of carbonyl (C=O) groups excluding carboxylic acids is 2. The fourth-order valence-corrected chi connectivity index (χ4v) is 3.68. The first-order valence-corrected chi connectivity index (χ1v) is 10.1. The van der Waals surface area contributed by atoms with Gasteiger partial charge >= 0.3 is 0 Å². The highest BCUT2D eigenvalue weighted by Gasteiger charge is 2.18. The van der Waals surface area contributed by atoms with Crippen LogP contribution in [0.5, 0.6) is 0 Å². The molecule has 0 spiro atoms. The normalized spacial score (nSPS) is 10.9. The Kier molecular flexibility index (Phi) is 7.71. The van der Waals surface area contributed by atoms with Crippen LogP contribution in [0.2, 0.25) is 0 Å². The number of rotatable bonds is 4. The molecular weight excluding hydrogens is 438 g/mol. The number of hydrogen-bond donors (Lipinski definition) is 3. The molecule has 2 aromatic rings. The molecule has 0 aromatic heterocycles. The molecule has 148 valence electrons. The highest BCUT2D eigenvalue weighted by molar-refractivity contribution is 9.10. The van der Waals surface area contributed by atoms with Gasteiger partial charge in [-0.1, -0.05) is 73.1 Å². The van der Waals surface area contributed by atoms with Gasteiger partial charge in [-0.05, 0) is 47.3 Å². The van der Waals surface area contributed by atoms with Crippen molar-refractivity contribution in [2.75, 3.05) is 0 Å². The summed E-state index contributed by atoms with van der Waals surface area (Å²) >= 11 is 8.59. The van der Waals surface area contributed by atoms with Gasteiger partial charge < -0.3 is 0 Å². The maximum Gasteiger partial charge on any atom is 0.257 e. The van der Waals surface area contributed by atoms with Crippen LogP contribution in [0.1, 0.15) is 48.7 Å². The third-order valence-corrected chi connectivity index (χ3v) is 4.93. The van der Waals surface area contributed by atoms with E-state index in [1.165, 1.54) is 0 Å². The van der Waals surface area contributed by atoms with Crippen molar-refractivity contribution in [1.29, 1.82) is 0 Å². The molecule has 2 rings (SSSR count). The molecule has 0 unspecified atom stereocenters. The van der Waals surface area contributed by atoms with Gasteiger partial charge in [0.1, 0.15) is 0 Å². The van der Waals surface area contributed by atoms with E-state index in [4.69, 9.17) is 12.2 Å². The first-order chi connectivity index (χ1) is 13.2. The van der Waals surface area contributed by atoms with E-state index >= 15 is 0 Å². The number of halogens is 1. The lowest BCUT2D eigenvalue weighted by molar-refractivity contribution is -0.121. The van der Waals surface area contributed by atoms with E-state index in [-0.39, 0.29) is 22.3 Å². The average Bonchev–Trinajstić information content (AvgIpc) is 2.64. The molecule has 5 nitrogen and oxygen atoms in total. The summed E-state index contributed by atoms with van der Waals surface area (Å²) in [6.07, 6.45) is 0.941. The fourth-order valence-electron chi connectivity index (χ4n) is 2.56. The number of amides is 2. The Morgan fingerprint density at radius 2 is 1.71 bits per heavy atom. The zero-order valence-electron chi connectivity index (χ0n) is 16.1. The minimum absolute atomic E-state index is 0.0330. The molecule has 0 radical (unpaired) electrons. The lowest BCUT2D eigenvalue weighted by Crippen LogP contribution is -2.48. The summed E-state index contributed by atoms with van der Waals surface area (Å²) in [6, 6.07) is 15.2. The van der Waals surface area contributed by atoms with Crippen LogP contribution in [0.15, 0.2) is 53.0 Å². The van der Waals surface area contributed by atoms with Crippen LogP contribution in [0.4, 0.5) is 0 Å². The van der Waals surface area contributed by atoms with Crippen LogP contribution in [0.3, 0.4) is 0 Å². The van der Waals surface area contributed by atoms with Gasteiger partial charge in [-0.25, -0.2) is 0 Å². The van der Waals surface area contributed by atoms with Gasteiger partial charge in [0.05, 0.1) is 0 Å². The van der Waals surface area contributed by atoms with Gasteiger partial charge in [-0.15, -0.1) is 0 Å². The molecule has 2 amide bonds. The predicted octanol–water partition coefficient (Wildman–Crippen LogP) is 4.01. The second-order valence-electron chi connectivity index (χ2n) is 7.39. The lowest BCUT2D eigenvalue weighted by Gasteiger charge is -2.21. The predicted molar refractivity (Wildman–Crippen MR) is 119 cm³/mol. The van der Waals surface area contributed by atoms with Crippen molar-refractivity contribution in [1.82, 2.24) is 16.2 Å².